The third-order valence-corrected chi connectivity index (χ3v) is 3.65. The maximum atomic E-state index is 12.3. The second kappa shape index (κ2) is 4.15. The quantitative estimate of drug-likeness (QED) is 0.600. The molecule has 0 spiro atoms. The van der Waals surface area contributed by atoms with E-state index in [1.807, 2.05) is 6.92 Å². The van der Waals surface area contributed by atoms with E-state index in [-0.39, 0.29) is 5.78 Å². The highest BCUT2D eigenvalue weighted by Gasteiger charge is 2.51. The molecule has 1 aliphatic rings. The molecule has 0 saturated heterocycles. The number of methoxy groups -OCH3 is 1. The molecule has 0 bridgehead atoms. The van der Waals surface area contributed by atoms with Crippen molar-refractivity contribution in [1.82, 2.24) is 0 Å². The molecule has 2 rings (SSSR count). The Bertz CT molecular complexity index is 495. The number of Topliss-reactive ketones (excluding diaryl/α,β-unsaturated/α-hetero) is 1. The van der Waals surface area contributed by atoms with Gasteiger partial charge in [-0.05, 0) is 36.6 Å². The summed E-state index contributed by atoms with van der Waals surface area (Å²) in [5.41, 5.74) is 0.360. The van der Waals surface area contributed by atoms with Crippen LogP contribution < -0.4 is 0 Å². The van der Waals surface area contributed by atoms with E-state index < -0.39 is 11.4 Å². The Morgan fingerprint density at radius 1 is 1.53 bits per heavy atom. The molecule has 1 aromatic carbocycles. The van der Waals surface area contributed by atoms with Crippen LogP contribution in [0.15, 0.2) is 18.2 Å². The number of halogens is 1. The van der Waals surface area contributed by atoms with Gasteiger partial charge in [0.25, 0.3) is 0 Å². The fourth-order valence-electron chi connectivity index (χ4n) is 2.38. The Morgan fingerprint density at radius 3 is 2.82 bits per heavy atom. The number of fused-ring (bicyclic) bond motifs is 1. The number of esters is 1. The lowest BCUT2D eigenvalue weighted by molar-refractivity contribution is -0.149. The molecule has 0 aliphatic heterocycles. The molecule has 17 heavy (non-hydrogen) atoms. The van der Waals surface area contributed by atoms with Gasteiger partial charge in [0, 0.05) is 10.6 Å². The second-order valence-electron chi connectivity index (χ2n) is 4.23. The fourth-order valence-corrected chi connectivity index (χ4v) is 2.58. The Morgan fingerprint density at radius 2 is 2.24 bits per heavy atom. The molecule has 0 aromatic heterocycles. The van der Waals surface area contributed by atoms with Gasteiger partial charge in [0.15, 0.2) is 5.78 Å². The minimum absolute atomic E-state index is 0.154. The van der Waals surface area contributed by atoms with Crippen LogP contribution in [-0.4, -0.2) is 18.9 Å². The average Bonchev–Trinajstić information content (AvgIpc) is 2.61. The summed E-state index contributed by atoms with van der Waals surface area (Å²) >= 11 is 5.89. The number of ether oxygens (including phenoxy) is 1. The minimum atomic E-state index is -1.05. The van der Waals surface area contributed by atoms with Crippen LogP contribution in [-0.2, 0) is 16.0 Å². The van der Waals surface area contributed by atoms with Crippen molar-refractivity contribution in [3.05, 3.63) is 34.3 Å². The maximum absolute atomic E-state index is 12.3. The van der Waals surface area contributed by atoms with Crippen LogP contribution in [0.1, 0.15) is 29.3 Å². The monoisotopic (exact) mass is 252 g/mol. The largest absolute Gasteiger partial charge is 0.468 e. The first-order chi connectivity index (χ1) is 8.05. The topological polar surface area (TPSA) is 43.4 Å². The molecule has 0 amide bonds. The van der Waals surface area contributed by atoms with Crippen LogP contribution in [0.3, 0.4) is 0 Å². The van der Waals surface area contributed by atoms with Gasteiger partial charge in [-0.15, -0.1) is 0 Å². The standard InChI is InChI=1S/C13H13ClO3/c1-3-13(12(16)17-2)7-8-6-9(14)4-5-10(8)11(13)15/h4-6H,3,7H2,1-2H3. The third kappa shape index (κ3) is 1.65. The highest BCUT2D eigenvalue weighted by Crippen LogP contribution is 2.41. The summed E-state index contributed by atoms with van der Waals surface area (Å²) in [4.78, 5) is 24.2. The molecule has 0 saturated carbocycles. The summed E-state index contributed by atoms with van der Waals surface area (Å²) < 4.78 is 4.77. The van der Waals surface area contributed by atoms with Gasteiger partial charge in [0.05, 0.1) is 7.11 Å². The van der Waals surface area contributed by atoms with E-state index in [0.717, 1.165) is 5.56 Å². The van der Waals surface area contributed by atoms with E-state index in [4.69, 9.17) is 16.3 Å². The van der Waals surface area contributed by atoms with Crippen molar-refractivity contribution in [2.75, 3.05) is 7.11 Å². The predicted octanol–water partition coefficient (Wildman–Crippen LogP) is 2.65. The Hall–Kier alpha value is -1.35. The Kier molecular flexibility index (Phi) is 2.96. The summed E-state index contributed by atoms with van der Waals surface area (Å²) in [6.07, 6.45) is 0.815. The first-order valence-electron chi connectivity index (χ1n) is 5.47. The first kappa shape index (κ1) is 12.1. The number of benzene rings is 1. The summed E-state index contributed by atoms with van der Waals surface area (Å²) in [5, 5.41) is 0.577. The van der Waals surface area contributed by atoms with Crippen LogP contribution in [0, 0.1) is 5.41 Å². The summed E-state index contributed by atoms with van der Waals surface area (Å²) in [6.45, 7) is 1.82. The molecular weight excluding hydrogens is 240 g/mol. The third-order valence-electron chi connectivity index (χ3n) is 3.42. The van der Waals surface area contributed by atoms with Gasteiger partial charge in [0.1, 0.15) is 5.41 Å². The minimum Gasteiger partial charge on any atom is -0.468 e. The summed E-state index contributed by atoms with van der Waals surface area (Å²) in [6, 6.07) is 5.09. The second-order valence-corrected chi connectivity index (χ2v) is 4.67. The lowest BCUT2D eigenvalue weighted by Crippen LogP contribution is -2.37. The van der Waals surface area contributed by atoms with Crippen LogP contribution in [0.25, 0.3) is 0 Å². The van der Waals surface area contributed by atoms with Crippen molar-refractivity contribution < 1.29 is 14.3 Å². The molecule has 0 radical (unpaired) electrons. The molecule has 0 N–H and O–H groups in total. The smallest absolute Gasteiger partial charge is 0.320 e. The molecule has 4 heteroatoms. The Labute approximate surface area is 105 Å². The molecule has 1 aromatic rings. The van der Waals surface area contributed by atoms with E-state index in [1.165, 1.54) is 7.11 Å². The average molecular weight is 253 g/mol. The van der Waals surface area contributed by atoms with Gasteiger partial charge in [-0.1, -0.05) is 18.5 Å². The van der Waals surface area contributed by atoms with E-state index >= 15 is 0 Å². The van der Waals surface area contributed by atoms with Crippen molar-refractivity contribution >= 4 is 23.4 Å². The number of carbonyl (C=O) groups excluding carboxylic acids is 2. The molecule has 1 unspecified atom stereocenters. The zero-order valence-electron chi connectivity index (χ0n) is 9.75. The van der Waals surface area contributed by atoms with E-state index in [2.05, 4.69) is 0 Å². The number of carbonyl (C=O) groups is 2. The van der Waals surface area contributed by atoms with Crippen molar-refractivity contribution in [2.24, 2.45) is 5.41 Å². The van der Waals surface area contributed by atoms with Crippen LogP contribution in [0.2, 0.25) is 5.02 Å². The summed E-state index contributed by atoms with van der Waals surface area (Å²) in [7, 11) is 1.31. The molecule has 1 aliphatic carbocycles. The van der Waals surface area contributed by atoms with Gasteiger partial charge in [-0.2, -0.15) is 0 Å². The van der Waals surface area contributed by atoms with Gasteiger partial charge >= 0.3 is 5.97 Å². The van der Waals surface area contributed by atoms with Gasteiger partial charge in [0.2, 0.25) is 0 Å². The van der Waals surface area contributed by atoms with E-state index in [0.29, 0.717) is 23.4 Å². The zero-order chi connectivity index (χ0) is 12.6. The zero-order valence-corrected chi connectivity index (χ0v) is 10.5. The predicted molar refractivity (Wildman–Crippen MR) is 64.2 cm³/mol. The van der Waals surface area contributed by atoms with E-state index in [1.54, 1.807) is 18.2 Å². The Balaban J connectivity index is 2.51. The van der Waals surface area contributed by atoms with Gasteiger partial charge in [-0.3, -0.25) is 9.59 Å². The molecule has 3 nitrogen and oxygen atoms in total. The lowest BCUT2D eigenvalue weighted by atomic mass is 9.81. The van der Waals surface area contributed by atoms with Crippen LogP contribution >= 0.6 is 11.6 Å². The van der Waals surface area contributed by atoms with Crippen LogP contribution in [0.4, 0.5) is 0 Å². The summed E-state index contributed by atoms with van der Waals surface area (Å²) in [5.74, 6) is -0.615. The highest BCUT2D eigenvalue weighted by atomic mass is 35.5. The van der Waals surface area contributed by atoms with E-state index in [9.17, 15) is 9.59 Å². The normalized spacial score (nSPS) is 22.4. The molecule has 1 atom stereocenters. The van der Waals surface area contributed by atoms with Gasteiger partial charge < -0.3 is 4.74 Å². The fraction of sp³-hybridized carbons (Fsp3) is 0.385. The molecule has 90 valence electrons. The van der Waals surface area contributed by atoms with Crippen molar-refractivity contribution in [3.8, 4) is 0 Å². The highest BCUT2D eigenvalue weighted by molar-refractivity contribution is 6.31. The maximum Gasteiger partial charge on any atom is 0.320 e. The molecular formula is C13H13ClO3. The molecule has 0 heterocycles. The first-order valence-corrected chi connectivity index (χ1v) is 5.84. The number of hydrogen-bond donors (Lipinski definition) is 0. The van der Waals surface area contributed by atoms with Crippen LogP contribution in [0.5, 0.6) is 0 Å². The lowest BCUT2D eigenvalue weighted by Gasteiger charge is -2.21. The van der Waals surface area contributed by atoms with Gasteiger partial charge in [-0.25, -0.2) is 0 Å². The number of rotatable bonds is 2. The van der Waals surface area contributed by atoms with Crippen molar-refractivity contribution in [3.63, 3.8) is 0 Å². The van der Waals surface area contributed by atoms with Crippen molar-refractivity contribution in [1.29, 1.82) is 0 Å². The SMILES string of the molecule is CCC1(C(=O)OC)Cc2cc(Cl)ccc2C1=O. The van der Waals surface area contributed by atoms with Crippen molar-refractivity contribution in [2.45, 2.75) is 19.8 Å². The number of hydrogen-bond acceptors (Lipinski definition) is 3. The number of ketones is 1. The molecule has 0 fully saturated rings.